The second kappa shape index (κ2) is 7.29. The lowest BCUT2D eigenvalue weighted by molar-refractivity contribution is 0.475. The number of hydrogen-bond acceptors (Lipinski definition) is 7. The molecule has 1 saturated heterocycles. The second-order valence-corrected chi connectivity index (χ2v) is 8.68. The van der Waals surface area contributed by atoms with Crippen LogP contribution in [-0.4, -0.2) is 42.7 Å². The molecule has 0 aromatic carbocycles. The Bertz CT molecular complexity index is 1200. The average molecular weight is 411 g/mol. The quantitative estimate of drug-likeness (QED) is 0.644. The predicted octanol–water partition coefficient (Wildman–Crippen LogP) is 1.34. The monoisotopic (exact) mass is 410 g/mol. The normalized spacial score (nSPS) is 18.9. The van der Waals surface area contributed by atoms with E-state index in [0.29, 0.717) is 23.5 Å². The van der Waals surface area contributed by atoms with E-state index in [-0.39, 0.29) is 17.2 Å². The molecule has 0 aliphatic carbocycles. The zero-order chi connectivity index (χ0) is 20.0. The van der Waals surface area contributed by atoms with Crippen molar-refractivity contribution in [3.05, 3.63) is 56.4 Å². The molecule has 5 heterocycles. The molecule has 0 radical (unpaired) electrons. The van der Waals surface area contributed by atoms with Gasteiger partial charge in [-0.15, -0.1) is 0 Å². The molecule has 8 nitrogen and oxygen atoms in total. The summed E-state index contributed by atoms with van der Waals surface area (Å²) in [4.78, 5) is 36.4. The van der Waals surface area contributed by atoms with Gasteiger partial charge in [0.1, 0.15) is 0 Å². The molecular formula is C20H22N6O2S. The van der Waals surface area contributed by atoms with Gasteiger partial charge in [0.05, 0.1) is 23.7 Å². The standard InChI is InChI=1S/C20H22N6O2S/c1-24-19(28)15-5-2-7-21-18(15)22-20(24)25-8-3-4-14(25)11-26-17(27)10-13-12-29-9-6-16(13)23-26/h2,5,7,10,14H,3-4,6,8-9,11-12H2,1H3. The van der Waals surface area contributed by atoms with Gasteiger partial charge in [-0.3, -0.25) is 14.2 Å². The zero-order valence-corrected chi connectivity index (χ0v) is 17.1. The molecule has 0 spiro atoms. The van der Waals surface area contributed by atoms with Crippen LogP contribution in [0.3, 0.4) is 0 Å². The van der Waals surface area contributed by atoms with Crippen LogP contribution in [-0.2, 0) is 25.8 Å². The van der Waals surface area contributed by atoms with Gasteiger partial charge in [-0.25, -0.2) is 9.67 Å². The van der Waals surface area contributed by atoms with Crippen molar-refractivity contribution in [2.45, 2.75) is 37.6 Å². The van der Waals surface area contributed by atoms with Crippen molar-refractivity contribution in [3.63, 3.8) is 0 Å². The van der Waals surface area contributed by atoms with E-state index >= 15 is 0 Å². The van der Waals surface area contributed by atoms with Gasteiger partial charge in [0.15, 0.2) is 5.65 Å². The van der Waals surface area contributed by atoms with Crippen LogP contribution in [0.2, 0.25) is 0 Å². The molecule has 0 amide bonds. The number of hydrogen-bond donors (Lipinski definition) is 0. The Morgan fingerprint density at radius 1 is 1.31 bits per heavy atom. The second-order valence-electron chi connectivity index (χ2n) is 7.58. The van der Waals surface area contributed by atoms with Gasteiger partial charge in [-0.2, -0.15) is 21.8 Å². The number of thioether (sulfide) groups is 1. The third kappa shape index (κ3) is 3.23. The highest BCUT2D eigenvalue weighted by Crippen LogP contribution is 2.25. The molecule has 0 bridgehead atoms. The summed E-state index contributed by atoms with van der Waals surface area (Å²) in [6.07, 6.45) is 4.46. The number of aryl methyl sites for hydroxylation is 1. The lowest BCUT2D eigenvalue weighted by Gasteiger charge is -2.27. The third-order valence-corrected chi connectivity index (χ3v) is 6.76. The molecule has 29 heavy (non-hydrogen) atoms. The molecule has 5 rings (SSSR count). The topological polar surface area (TPSA) is 85.9 Å². The fourth-order valence-corrected chi connectivity index (χ4v) is 5.17. The lowest BCUT2D eigenvalue weighted by atomic mass is 10.2. The van der Waals surface area contributed by atoms with Crippen molar-refractivity contribution in [2.75, 3.05) is 17.2 Å². The van der Waals surface area contributed by atoms with Crippen LogP contribution in [0.15, 0.2) is 34.0 Å². The van der Waals surface area contributed by atoms with Crippen LogP contribution < -0.4 is 16.0 Å². The van der Waals surface area contributed by atoms with E-state index in [1.807, 2.05) is 11.8 Å². The van der Waals surface area contributed by atoms with Crippen LogP contribution >= 0.6 is 11.8 Å². The first kappa shape index (κ1) is 18.4. The molecule has 1 atom stereocenters. The summed E-state index contributed by atoms with van der Waals surface area (Å²) in [5.41, 5.74) is 2.40. The third-order valence-electron chi connectivity index (χ3n) is 5.75. The Kier molecular flexibility index (Phi) is 4.61. The molecule has 0 saturated carbocycles. The van der Waals surface area contributed by atoms with Gasteiger partial charge >= 0.3 is 0 Å². The summed E-state index contributed by atoms with van der Waals surface area (Å²) in [6.45, 7) is 1.29. The molecule has 9 heteroatoms. The Morgan fingerprint density at radius 2 is 2.21 bits per heavy atom. The van der Waals surface area contributed by atoms with E-state index in [2.05, 4.69) is 20.0 Å². The molecule has 3 aromatic rings. The zero-order valence-electron chi connectivity index (χ0n) is 16.2. The van der Waals surface area contributed by atoms with Gasteiger partial charge in [0.2, 0.25) is 5.95 Å². The average Bonchev–Trinajstić information content (AvgIpc) is 3.19. The smallest absolute Gasteiger partial charge is 0.267 e. The van der Waals surface area contributed by atoms with Gasteiger partial charge in [0.25, 0.3) is 11.1 Å². The minimum Gasteiger partial charge on any atom is -0.337 e. The molecule has 2 aliphatic heterocycles. The molecule has 0 N–H and O–H groups in total. The first-order valence-electron chi connectivity index (χ1n) is 9.88. The maximum Gasteiger partial charge on any atom is 0.267 e. The number of aromatic nitrogens is 5. The van der Waals surface area contributed by atoms with Crippen molar-refractivity contribution in [2.24, 2.45) is 7.05 Å². The maximum absolute atomic E-state index is 12.8. The van der Waals surface area contributed by atoms with Crippen molar-refractivity contribution in [1.29, 1.82) is 0 Å². The summed E-state index contributed by atoms with van der Waals surface area (Å²) in [5.74, 6) is 2.51. The molecular weight excluding hydrogens is 388 g/mol. The first-order chi connectivity index (χ1) is 14.1. The Hall–Kier alpha value is -2.68. The molecule has 150 valence electrons. The predicted molar refractivity (Wildman–Crippen MR) is 114 cm³/mol. The Labute approximate surface area is 171 Å². The number of anilines is 1. The number of rotatable bonds is 3. The van der Waals surface area contributed by atoms with Gasteiger partial charge in [-0.1, -0.05) is 0 Å². The summed E-state index contributed by atoms with van der Waals surface area (Å²) in [5, 5.41) is 5.17. The lowest BCUT2D eigenvalue weighted by Crippen LogP contribution is -2.40. The molecule has 1 unspecified atom stereocenters. The highest BCUT2D eigenvalue weighted by Gasteiger charge is 2.29. The van der Waals surface area contributed by atoms with Crippen LogP contribution in [0, 0.1) is 0 Å². The highest BCUT2D eigenvalue weighted by molar-refractivity contribution is 7.98. The molecule has 3 aromatic heterocycles. The highest BCUT2D eigenvalue weighted by atomic mass is 32.2. The summed E-state index contributed by atoms with van der Waals surface area (Å²) in [7, 11) is 1.74. The van der Waals surface area contributed by atoms with E-state index in [9.17, 15) is 9.59 Å². The van der Waals surface area contributed by atoms with Crippen LogP contribution in [0.1, 0.15) is 24.1 Å². The molecule has 1 fully saturated rings. The van der Waals surface area contributed by atoms with Gasteiger partial charge < -0.3 is 4.90 Å². The van der Waals surface area contributed by atoms with Crippen molar-refractivity contribution in [1.82, 2.24) is 24.3 Å². The Morgan fingerprint density at radius 3 is 3.10 bits per heavy atom. The van der Waals surface area contributed by atoms with Crippen LogP contribution in [0.5, 0.6) is 0 Å². The SMILES string of the molecule is Cn1c(N2CCCC2Cn2nc3c(cc2=O)CSCC3)nc2ncccc2c1=O. The van der Waals surface area contributed by atoms with E-state index < -0.39 is 0 Å². The van der Waals surface area contributed by atoms with Crippen LogP contribution in [0.25, 0.3) is 11.0 Å². The van der Waals surface area contributed by atoms with Crippen molar-refractivity contribution >= 4 is 28.7 Å². The van der Waals surface area contributed by atoms with Crippen molar-refractivity contribution < 1.29 is 0 Å². The van der Waals surface area contributed by atoms with E-state index in [0.717, 1.165) is 48.6 Å². The summed E-state index contributed by atoms with van der Waals surface area (Å²) < 4.78 is 3.18. The minimum atomic E-state index is -0.106. The van der Waals surface area contributed by atoms with E-state index in [1.54, 1.807) is 40.7 Å². The van der Waals surface area contributed by atoms with Crippen LogP contribution in [0.4, 0.5) is 5.95 Å². The maximum atomic E-state index is 12.8. The number of pyridine rings is 1. The minimum absolute atomic E-state index is 0.0554. The van der Waals surface area contributed by atoms with E-state index in [1.165, 1.54) is 0 Å². The fourth-order valence-electron chi connectivity index (χ4n) is 4.22. The fraction of sp³-hybridized carbons (Fsp3) is 0.450. The number of fused-ring (bicyclic) bond motifs is 2. The first-order valence-corrected chi connectivity index (χ1v) is 11.0. The largest absolute Gasteiger partial charge is 0.337 e. The van der Waals surface area contributed by atoms with Gasteiger partial charge in [-0.05, 0) is 36.3 Å². The van der Waals surface area contributed by atoms with Crippen molar-refractivity contribution in [3.8, 4) is 0 Å². The Balaban J connectivity index is 1.50. The number of nitrogens with zero attached hydrogens (tertiary/aromatic N) is 6. The van der Waals surface area contributed by atoms with Gasteiger partial charge in [0, 0.05) is 38.0 Å². The van der Waals surface area contributed by atoms with E-state index in [4.69, 9.17) is 0 Å². The summed E-state index contributed by atoms with van der Waals surface area (Å²) in [6, 6.07) is 5.30. The summed E-state index contributed by atoms with van der Waals surface area (Å²) >= 11 is 1.84. The molecule has 2 aliphatic rings.